The van der Waals surface area contributed by atoms with Crippen molar-refractivity contribution in [3.8, 4) is 0 Å². The first-order chi connectivity index (χ1) is 19.7. The fraction of sp³-hybridized carbons (Fsp3) is 0.379. The summed E-state index contributed by atoms with van der Waals surface area (Å²) >= 11 is 0. The number of nitrogens with one attached hydrogen (secondary N) is 3. The van der Waals surface area contributed by atoms with Crippen LogP contribution in [0.4, 0.5) is 5.69 Å². The Morgan fingerprint density at radius 3 is 2.56 bits per heavy atom. The monoisotopic (exact) mass is 561 g/mol. The number of anilines is 1. The lowest BCUT2D eigenvalue weighted by atomic mass is 9.95. The second kappa shape index (κ2) is 11.8. The second-order valence-corrected chi connectivity index (χ2v) is 10.7. The molecule has 2 aromatic heterocycles. The Labute approximate surface area is 234 Å². The van der Waals surface area contributed by atoms with Crippen LogP contribution in [0.2, 0.25) is 0 Å². The summed E-state index contributed by atoms with van der Waals surface area (Å²) in [5, 5.41) is 8.70. The molecule has 0 aliphatic heterocycles. The van der Waals surface area contributed by atoms with Gasteiger partial charge in [-0.05, 0) is 61.8 Å². The van der Waals surface area contributed by atoms with E-state index in [1.54, 1.807) is 24.3 Å². The lowest BCUT2D eigenvalue weighted by molar-refractivity contribution is -0.136. The summed E-state index contributed by atoms with van der Waals surface area (Å²) in [5.74, 6) is -2.80. The molecule has 2 bridgehead atoms. The molecule has 5 rings (SSSR count). The Morgan fingerprint density at radius 2 is 1.85 bits per heavy atom. The molecule has 3 aromatic rings. The number of nitrogens with zero attached hydrogens (tertiary/aromatic N) is 1. The zero-order chi connectivity index (χ0) is 29.1. The van der Waals surface area contributed by atoms with Crippen LogP contribution in [0.25, 0.3) is 11.0 Å². The number of hydrogen-bond donors (Lipinski definition) is 4. The number of primary amides is 1. The molecular formula is C29H31N5O7. The van der Waals surface area contributed by atoms with Crippen molar-refractivity contribution in [2.24, 2.45) is 17.6 Å². The van der Waals surface area contributed by atoms with Gasteiger partial charge >= 0.3 is 0 Å². The molecule has 2 saturated carbocycles. The van der Waals surface area contributed by atoms with E-state index in [4.69, 9.17) is 10.2 Å². The number of ketones is 1. The van der Waals surface area contributed by atoms with Crippen LogP contribution in [0.15, 0.2) is 57.9 Å². The fourth-order valence-electron chi connectivity index (χ4n) is 5.80. The van der Waals surface area contributed by atoms with E-state index in [9.17, 15) is 28.8 Å². The molecule has 5 N–H and O–H groups in total. The molecule has 0 unspecified atom stereocenters. The number of amides is 4. The first-order valence-corrected chi connectivity index (χ1v) is 13.6. The minimum absolute atomic E-state index is 0.0613. The first-order valence-electron chi connectivity index (χ1n) is 13.6. The second-order valence-electron chi connectivity index (χ2n) is 10.7. The number of carbonyl (C=O) groups excluding carboxylic acids is 5. The van der Waals surface area contributed by atoms with Gasteiger partial charge in [-0.25, -0.2) is 0 Å². The predicted octanol–water partition coefficient (Wildman–Crippen LogP) is 1.47. The van der Waals surface area contributed by atoms with E-state index >= 15 is 0 Å². The van der Waals surface area contributed by atoms with Crippen molar-refractivity contribution in [2.45, 2.75) is 57.2 Å². The average molecular weight is 562 g/mol. The summed E-state index contributed by atoms with van der Waals surface area (Å²) in [7, 11) is 0. The number of pyridine rings is 1. The van der Waals surface area contributed by atoms with Crippen molar-refractivity contribution in [1.29, 1.82) is 0 Å². The van der Waals surface area contributed by atoms with Crippen LogP contribution < -0.4 is 27.2 Å². The van der Waals surface area contributed by atoms with Gasteiger partial charge in [-0.15, -0.1) is 0 Å². The summed E-state index contributed by atoms with van der Waals surface area (Å²) in [6.45, 7) is -0.213. The van der Waals surface area contributed by atoms with E-state index in [0.717, 1.165) is 19.3 Å². The molecule has 4 atom stereocenters. The van der Waals surface area contributed by atoms with Gasteiger partial charge in [0.05, 0.1) is 0 Å². The number of carbonyl (C=O) groups is 5. The maximum Gasteiger partial charge on any atom is 0.287 e. The molecular weight excluding hydrogens is 530 g/mol. The van der Waals surface area contributed by atoms with Gasteiger partial charge in [0.1, 0.15) is 23.9 Å². The minimum atomic E-state index is -1.31. The van der Waals surface area contributed by atoms with Gasteiger partial charge in [0, 0.05) is 24.0 Å². The normalized spacial score (nSPS) is 20.0. The number of fused-ring (bicyclic) bond motifs is 3. The molecule has 41 heavy (non-hydrogen) atoms. The van der Waals surface area contributed by atoms with Crippen LogP contribution in [0.1, 0.15) is 49.1 Å². The smallest absolute Gasteiger partial charge is 0.287 e. The highest BCUT2D eigenvalue weighted by Gasteiger charge is 2.40. The third kappa shape index (κ3) is 6.37. The number of aromatic nitrogens is 1. The van der Waals surface area contributed by atoms with Crippen molar-refractivity contribution in [1.82, 2.24) is 15.2 Å². The highest BCUT2D eigenvalue weighted by atomic mass is 16.3. The lowest BCUT2D eigenvalue weighted by Gasteiger charge is -2.23. The van der Waals surface area contributed by atoms with Crippen LogP contribution in [0.3, 0.4) is 0 Å². The van der Waals surface area contributed by atoms with Gasteiger partial charge in [-0.3, -0.25) is 28.8 Å². The van der Waals surface area contributed by atoms with Gasteiger partial charge in [-0.1, -0.05) is 24.6 Å². The van der Waals surface area contributed by atoms with Crippen molar-refractivity contribution < 1.29 is 28.4 Å². The van der Waals surface area contributed by atoms with E-state index < -0.39 is 41.5 Å². The van der Waals surface area contributed by atoms with Crippen LogP contribution in [-0.2, 0) is 25.7 Å². The minimum Gasteiger partial charge on any atom is -0.451 e. The van der Waals surface area contributed by atoms with Crippen LogP contribution in [0.5, 0.6) is 0 Å². The number of Topliss-reactive ketones (excluding diaryl/α,β-unsaturated/α-hetero) is 1. The number of para-hydroxylation sites is 1. The standard InChI is InChI=1S/C29H31N5O7/c30-26(37)22(35)10-9-19(32-28(39)24-14-18-4-1-2-6-23(18)41-24)27(38)33-20-5-3-11-34(29(20)40)15-25(36)31-21-13-16-7-8-17(21)12-16/h1-6,11,14,16-17,19,21H,7-10,12-13,15H2,(H2,30,37)(H,31,36)(H,32,39)(H,33,38)/t16-,17+,19-,21+/m0/s1. The molecule has 12 nitrogen and oxygen atoms in total. The van der Waals surface area contributed by atoms with Crippen LogP contribution in [0, 0.1) is 11.8 Å². The Bertz CT molecular complexity index is 1540. The van der Waals surface area contributed by atoms with Crippen LogP contribution in [-0.4, -0.2) is 46.1 Å². The van der Waals surface area contributed by atoms with Gasteiger partial charge in [0.25, 0.3) is 17.4 Å². The van der Waals surface area contributed by atoms with Crippen molar-refractivity contribution in [3.63, 3.8) is 0 Å². The van der Waals surface area contributed by atoms with E-state index in [2.05, 4.69) is 16.0 Å². The third-order valence-electron chi connectivity index (χ3n) is 7.88. The summed E-state index contributed by atoms with van der Waals surface area (Å²) in [4.78, 5) is 75.0. The maximum atomic E-state index is 13.2. The molecule has 2 aliphatic carbocycles. The van der Waals surface area contributed by atoms with Crippen molar-refractivity contribution in [3.05, 3.63) is 64.8 Å². The Balaban J connectivity index is 1.27. The maximum absolute atomic E-state index is 13.2. The van der Waals surface area contributed by atoms with Crippen molar-refractivity contribution in [2.75, 3.05) is 5.32 Å². The Morgan fingerprint density at radius 1 is 1.05 bits per heavy atom. The quantitative estimate of drug-likeness (QED) is 0.256. The number of rotatable bonds is 11. The molecule has 12 heteroatoms. The lowest BCUT2D eigenvalue weighted by Crippen LogP contribution is -2.45. The molecule has 2 fully saturated rings. The summed E-state index contributed by atoms with van der Waals surface area (Å²) in [6, 6.07) is 10.2. The molecule has 0 spiro atoms. The third-order valence-corrected chi connectivity index (χ3v) is 7.88. The molecule has 2 aliphatic rings. The van der Waals surface area contributed by atoms with Gasteiger partial charge < -0.3 is 30.7 Å². The zero-order valence-corrected chi connectivity index (χ0v) is 22.3. The molecule has 0 saturated heterocycles. The SMILES string of the molecule is NC(=O)C(=O)CC[C@H](NC(=O)c1cc2ccccc2o1)C(=O)Nc1cccn(CC(=O)N[C@@H]2C[C@H]3CC[C@@H]2C3)c1=O. The zero-order valence-electron chi connectivity index (χ0n) is 22.3. The molecule has 2 heterocycles. The highest BCUT2D eigenvalue weighted by molar-refractivity contribution is 6.35. The van der Waals surface area contributed by atoms with E-state index in [-0.39, 0.29) is 36.4 Å². The number of nitrogens with two attached hydrogens (primary N) is 1. The largest absolute Gasteiger partial charge is 0.451 e. The number of furan rings is 1. The summed E-state index contributed by atoms with van der Waals surface area (Å²) in [6.07, 6.45) is 5.18. The Hall–Kier alpha value is -4.74. The molecule has 4 amide bonds. The van der Waals surface area contributed by atoms with Gasteiger partial charge in [-0.2, -0.15) is 0 Å². The predicted molar refractivity (Wildman–Crippen MR) is 148 cm³/mol. The van der Waals surface area contributed by atoms with E-state index in [1.807, 2.05) is 0 Å². The highest BCUT2D eigenvalue weighted by Crippen LogP contribution is 2.44. The average Bonchev–Trinajstić information content (AvgIpc) is 3.68. The summed E-state index contributed by atoms with van der Waals surface area (Å²) < 4.78 is 6.74. The number of benzene rings is 1. The van der Waals surface area contributed by atoms with E-state index in [0.29, 0.717) is 22.8 Å². The Kier molecular flexibility index (Phi) is 7.99. The van der Waals surface area contributed by atoms with Gasteiger partial charge in [0.2, 0.25) is 17.6 Å². The molecule has 214 valence electrons. The first kappa shape index (κ1) is 27.8. The van der Waals surface area contributed by atoms with E-state index in [1.165, 1.54) is 35.4 Å². The van der Waals surface area contributed by atoms with Crippen LogP contribution >= 0.6 is 0 Å². The topological polar surface area (TPSA) is 183 Å². The van der Waals surface area contributed by atoms with Gasteiger partial charge in [0.15, 0.2) is 5.76 Å². The fourth-order valence-corrected chi connectivity index (χ4v) is 5.80. The summed E-state index contributed by atoms with van der Waals surface area (Å²) in [5.41, 5.74) is 4.78. The molecule has 1 aromatic carbocycles. The number of hydrogen-bond acceptors (Lipinski definition) is 7. The van der Waals surface area contributed by atoms with Crippen molar-refractivity contribution >= 4 is 46.1 Å². The molecule has 0 radical (unpaired) electrons.